The van der Waals surface area contributed by atoms with Gasteiger partial charge in [-0.1, -0.05) is 6.07 Å². The lowest BCUT2D eigenvalue weighted by atomic mass is 10.2. The molecule has 0 saturated heterocycles. The molecule has 1 N–H and O–H groups in total. The van der Waals surface area contributed by atoms with Gasteiger partial charge in [-0.2, -0.15) is 0 Å². The molecular formula is C16H13NOS2. The second-order valence-electron chi connectivity index (χ2n) is 4.36. The maximum absolute atomic E-state index is 12.2. The predicted molar refractivity (Wildman–Crippen MR) is 88.0 cm³/mol. The van der Waals surface area contributed by atoms with Gasteiger partial charge in [-0.15, -0.1) is 23.1 Å². The van der Waals surface area contributed by atoms with E-state index in [1.54, 1.807) is 23.1 Å². The van der Waals surface area contributed by atoms with Gasteiger partial charge in [-0.25, -0.2) is 0 Å². The number of carbonyl (C=O) groups excluding carboxylic acids is 1. The van der Waals surface area contributed by atoms with Crippen LogP contribution in [-0.2, 0) is 0 Å². The van der Waals surface area contributed by atoms with Crippen LogP contribution >= 0.6 is 23.1 Å². The van der Waals surface area contributed by atoms with Crippen LogP contribution in [-0.4, -0.2) is 12.2 Å². The molecule has 0 aliphatic carbocycles. The van der Waals surface area contributed by atoms with E-state index in [9.17, 15) is 4.79 Å². The normalized spacial score (nSPS) is 10.7. The summed E-state index contributed by atoms with van der Waals surface area (Å²) in [5, 5.41) is 6.16. The first-order chi connectivity index (χ1) is 9.76. The Balaban J connectivity index is 1.83. The minimum Gasteiger partial charge on any atom is -0.322 e. The fourth-order valence-corrected chi connectivity index (χ4v) is 3.24. The number of hydrogen-bond donors (Lipinski definition) is 1. The molecule has 2 nitrogen and oxygen atoms in total. The molecule has 20 heavy (non-hydrogen) atoms. The third-order valence-corrected chi connectivity index (χ3v) is 4.67. The van der Waals surface area contributed by atoms with Gasteiger partial charge in [0.2, 0.25) is 0 Å². The van der Waals surface area contributed by atoms with Gasteiger partial charge < -0.3 is 5.32 Å². The Bertz CT molecular complexity index is 764. The van der Waals surface area contributed by atoms with Crippen molar-refractivity contribution in [3.05, 3.63) is 59.5 Å². The molecule has 0 fully saturated rings. The third-order valence-electron chi connectivity index (χ3n) is 3.04. The molecule has 2 aromatic carbocycles. The monoisotopic (exact) mass is 299 g/mol. The first-order valence-corrected chi connectivity index (χ1v) is 8.29. The summed E-state index contributed by atoms with van der Waals surface area (Å²) in [6.07, 6.45) is 2.00. The zero-order valence-electron chi connectivity index (χ0n) is 10.9. The second kappa shape index (κ2) is 5.69. The van der Waals surface area contributed by atoms with Gasteiger partial charge in [0.15, 0.2) is 0 Å². The number of rotatable bonds is 3. The van der Waals surface area contributed by atoms with E-state index in [-0.39, 0.29) is 5.91 Å². The SMILES string of the molecule is CSc1cccc(C(=O)Nc2ccc3sccc3c2)c1. The summed E-state index contributed by atoms with van der Waals surface area (Å²) >= 11 is 3.33. The lowest BCUT2D eigenvalue weighted by molar-refractivity contribution is 0.102. The molecule has 0 atom stereocenters. The lowest BCUT2D eigenvalue weighted by Crippen LogP contribution is -2.11. The fourth-order valence-electron chi connectivity index (χ4n) is 2.01. The second-order valence-corrected chi connectivity index (χ2v) is 6.19. The Kier molecular flexibility index (Phi) is 3.76. The number of amides is 1. The van der Waals surface area contributed by atoms with Gasteiger partial charge in [0.1, 0.15) is 0 Å². The highest BCUT2D eigenvalue weighted by molar-refractivity contribution is 7.98. The van der Waals surface area contributed by atoms with Crippen LogP contribution in [0.3, 0.4) is 0 Å². The molecule has 100 valence electrons. The number of benzene rings is 2. The predicted octanol–water partition coefficient (Wildman–Crippen LogP) is 4.88. The van der Waals surface area contributed by atoms with E-state index >= 15 is 0 Å². The van der Waals surface area contributed by atoms with Crippen molar-refractivity contribution in [3.8, 4) is 0 Å². The van der Waals surface area contributed by atoms with Crippen LogP contribution in [0, 0.1) is 0 Å². The molecule has 0 saturated carbocycles. The molecule has 0 aliphatic rings. The van der Waals surface area contributed by atoms with Crippen LogP contribution in [0.4, 0.5) is 5.69 Å². The number of hydrogen-bond acceptors (Lipinski definition) is 3. The van der Waals surface area contributed by atoms with Gasteiger partial charge in [0.05, 0.1) is 0 Å². The molecule has 4 heteroatoms. The van der Waals surface area contributed by atoms with Crippen molar-refractivity contribution < 1.29 is 4.79 Å². The summed E-state index contributed by atoms with van der Waals surface area (Å²) in [4.78, 5) is 13.3. The van der Waals surface area contributed by atoms with E-state index in [1.807, 2.05) is 48.7 Å². The van der Waals surface area contributed by atoms with Crippen molar-refractivity contribution in [1.82, 2.24) is 0 Å². The Labute approximate surface area is 125 Å². The van der Waals surface area contributed by atoms with Gasteiger partial charge in [0, 0.05) is 20.8 Å². The maximum atomic E-state index is 12.2. The van der Waals surface area contributed by atoms with Crippen molar-refractivity contribution >= 4 is 44.8 Å². The van der Waals surface area contributed by atoms with Crippen molar-refractivity contribution in [2.45, 2.75) is 4.90 Å². The molecule has 3 rings (SSSR count). The quantitative estimate of drug-likeness (QED) is 0.699. The Hall–Kier alpha value is -1.78. The molecule has 0 radical (unpaired) electrons. The van der Waals surface area contributed by atoms with Crippen LogP contribution in [0.25, 0.3) is 10.1 Å². The molecule has 1 amide bonds. The molecular weight excluding hydrogens is 286 g/mol. The zero-order chi connectivity index (χ0) is 13.9. The topological polar surface area (TPSA) is 29.1 Å². The first kappa shape index (κ1) is 13.2. The van der Waals surface area contributed by atoms with Crippen LogP contribution in [0.15, 0.2) is 58.8 Å². The summed E-state index contributed by atoms with van der Waals surface area (Å²) in [6, 6.07) is 15.7. The molecule has 0 spiro atoms. The number of thioether (sulfide) groups is 1. The van der Waals surface area contributed by atoms with Crippen LogP contribution in [0.5, 0.6) is 0 Å². The highest BCUT2D eigenvalue weighted by Gasteiger charge is 2.07. The minimum absolute atomic E-state index is 0.0736. The van der Waals surface area contributed by atoms with E-state index in [0.29, 0.717) is 5.56 Å². The number of carbonyl (C=O) groups is 1. The maximum Gasteiger partial charge on any atom is 0.255 e. The summed E-state index contributed by atoms with van der Waals surface area (Å²) in [5.74, 6) is -0.0736. The Morgan fingerprint density at radius 2 is 2.05 bits per heavy atom. The van der Waals surface area contributed by atoms with E-state index < -0.39 is 0 Å². The van der Waals surface area contributed by atoms with Gasteiger partial charge >= 0.3 is 0 Å². The average molecular weight is 299 g/mol. The highest BCUT2D eigenvalue weighted by Crippen LogP contribution is 2.24. The van der Waals surface area contributed by atoms with Crippen LogP contribution < -0.4 is 5.32 Å². The highest BCUT2D eigenvalue weighted by atomic mass is 32.2. The first-order valence-electron chi connectivity index (χ1n) is 6.19. The minimum atomic E-state index is -0.0736. The molecule has 1 heterocycles. The van der Waals surface area contributed by atoms with Crippen molar-refractivity contribution in [3.63, 3.8) is 0 Å². The largest absolute Gasteiger partial charge is 0.322 e. The molecule has 0 aliphatic heterocycles. The van der Waals surface area contributed by atoms with Crippen LogP contribution in [0.1, 0.15) is 10.4 Å². The van der Waals surface area contributed by atoms with Crippen LogP contribution in [0.2, 0.25) is 0 Å². The number of nitrogens with one attached hydrogen (secondary N) is 1. The number of thiophene rings is 1. The lowest BCUT2D eigenvalue weighted by Gasteiger charge is -2.06. The van der Waals surface area contributed by atoms with Gasteiger partial charge in [-0.3, -0.25) is 4.79 Å². The van der Waals surface area contributed by atoms with E-state index in [0.717, 1.165) is 16.0 Å². The Morgan fingerprint density at radius 1 is 1.15 bits per heavy atom. The van der Waals surface area contributed by atoms with E-state index in [1.165, 1.54) is 4.70 Å². The summed E-state index contributed by atoms with van der Waals surface area (Å²) in [5.41, 5.74) is 1.51. The number of anilines is 1. The van der Waals surface area contributed by atoms with Gasteiger partial charge in [-0.05, 0) is 59.5 Å². The van der Waals surface area contributed by atoms with Crippen molar-refractivity contribution in [1.29, 1.82) is 0 Å². The van der Waals surface area contributed by atoms with Gasteiger partial charge in [0.25, 0.3) is 5.91 Å². The third kappa shape index (κ3) is 2.71. The number of fused-ring (bicyclic) bond motifs is 1. The van der Waals surface area contributed by atoms with E-state index in [2.05, 4.69) is 16.8 Å². The van der Waals surface area contributed by atoms with Crippen molar-refractivity contribution in [2.75, 3.05) is 11.6 Å². The molecule has 1 aromatic heterocycles. The summed E-state index contributed by atoms with van der Waals surface area (Å²) in [6.45, 7) is 0. The standard InChI is InChI=1S/C16H13NOS2/c1-19-14-4-2-3-12(10-14)16(18)17-13-5-6-15-11(9-13)7-8-20-15/h2-10H,1H3,(H,17,18). The Morgan fingerprint density at radius 3 is 2.90 bits per heavy atom. The molecule has 0 bridgehead atoms. The molecule has 0 unspecified atom stereocenters. The van der Waals surface area contributed by atoms with E-state index in [4.69, 9.17) is 0 Å². The summed E-state index contributed by atoms with van der Waals surface area (Å²) in [7, 11) is 0. The average Bonchev–Trinajstić information content (AvgIpc) is 2.95. The molecule has 3 aromatic rings. The van der Waals surface area contributed by atoms with Crippen molar-refractivity contribution in [2.24, 2.45) is 0 Å². The fraction of sp³-hybridized carbons (Fsp3) is 0.0625. The summed E-state index contributed by atoms with van der Waals surface area (Å²) < 4.78 is 1.23. The zero-order valence-corrected chi connectivity index (χ0v) is 12.6. The smallest absolute Gasteiger partial charge is 0.255 e.